The molecular weight excluding hydrogens is 334 g/mol. The maximum absolute atomic E-state index is 12.1. The second-order valence-electron chi connectivity index (χ2n) is 6.07. The summed E-state index contributed by atoms with van der Waals surface area (Å²) in [7, 11) is 0. The Balaban J connectivity index is 1.53. The van der Waals surface area contributed by atoms with Gasteiger partial charge in [-0.3, -0.25) is 4.79 Å². The van der Waals surface area contributed by atoms with Gasteiger partial charge in [0.05, 0.1) is 5.75 Å². The number of hydrogen-bond acceptors (Lipinski definition) is 6. The van der Waals surface area contributed by atoms with E-state index < -0.39 is 0 Å². The second-order valence-corrected chi connectivity index (χ2v) is 7.35. The van der Waals surface area contributed by atoms with Crippen LogP contribution < -0.4 is 10.2 Å². The van der Waals surface area contributed by atoms with E-state index in [2.05, 4.69) is 25.2 Å². The summed E-state index contributed by atoms with van der Waals surface area (Å²) in [5, 5.41) is 3.81. The third-order valence-corrected chi connectivity index (χ3v) is 5.28. The molecule has 1 saturated carbocycles. The van der Waals surface area contributed by atoms with Crippen molar-refractivity contribution in [1.29, 1.82) is 0 Å². The standard InChI is InChI=1S/C15H22ClN5OS/c16-13-18-14(21-8-4-5-9-21)20-15(19-13)23-10-12(22)17-11-6-2-1-3-7-11/h11H,1-10H2,(H,17,22). The van der Waals surface area contributed by atoms with Gasteiger partial charge < -0.3 is 10.2 Å². The number of anilines is 1. The zero-order valence-electron chi connectivity index (χ0n) is 13.1. The molecule has 1 aromatic heterocycles. The van der Waals surface area contributed by atoms with E-state index in [9.17, 15) is 4.79 Å². The lowest BCUT2D eigenvalue weighted by Gasteiger charge is -2.22. The molecule has 0 unspecified atom stereocenters. The molecule has 1 aromatic rings. The Hall–Kier alpha value is -1.08. The molecule has 3 rings (SSSR count). The summed E-state index contributed by atoms with van der Waals surface area (Å²) >= 11 is 7.32. The molecule has 6 nitrogen and oxygen atoms in total. The summed E-state index contributed by atoms with van der Waals surface area (Å²) in [6.45, 7) is 1.90. The minimum absolute atomic E-state index is 0.0427. The normalized spacial score (nSPS) is 19.1. The Bertz CT molecular complexity index is 547. The van der Waals surface area contributed by atoms with Gasteiger partial charge in [0.2, 0.25) is 17.1 Å². The second kappa shape index (κ2) is 8.15. The summed E-state index contributed by atoms with van der Waals surface area (Å²) in [4.78, 5) is 26.9. The summed E-state index contributed by atoms with van der Waals surface area (Å²) in [5.74, 6) is 0.981. The minimum Gasteiger partial charge on any atom is -0.353 e. The van der Waals surface area contributed by atoms with Crippen LogP contribution in [0.5, 0.6) is 0 Å². The SMILES string of the molecule is O=C(CSc1nc(Cl)nc(N2CCCC2)n1)NC1CCCCC1. The van der Waals surface area contributed by atoms with Gasteiger partial charge in [0.1, 0.15) is 0 Å². The minimum atomic E-state index is 0.0427. The van der Waals surface area contributed by atoms with Gasteiger partial charge >= 0.3 is 0 Å². The first kappa shape index (κ1) is 16.8. The van der Waals surface area contributed by atoms with E-state index in [1.165, 1.54) is 31.0 Å². The molecule has 1 aliphatic carbocycles. The monoisotopic (exact) mass is 355 g/mol. The molecule has 1 N–H and O–H groups in total. The predicted octanol–water partition coefficient (Wildman–Crippen LogP) is 2.67. The van der Waals surface area contributed by atoms with Crippen LogP contribution in [0.25, 0.3) is 0 Å². The van der Waals surface area contributed by atoms with Crippen LogP contribution in [0.1, 0.15) is 44.9 Å². The molecule has 8 heteroatoms. The smallest absolute Gasteiger partial charge is 0.230 e. The summed E-state index contributed by atoms with van der Waals surface area (Å²) in [6.07, 6.45) is 8.18. The van der Waals surface area contributed by atoms with Crippen LogP contribution in [-0.2, 0) is 4.79 Å². The number of nitrogens with one attached hydrogen (secondary N) is 1. The number of rotatable bonds is 5. The first-order valence-corrected chi connectivity index (χ1v) is 9.66. The van der Waals surface area contributed by atoms with Gasteiger partial charge in [-0.1, -0.05) is 31.0 Å². The highest BCUT2D eigenvalue weighted by atomic mass is 35.5. The molecule has 2 fully saturated rings. The van der Waals surface area contributed by atoms with Gasteiger partial charge in [-0.2, -0.15) is 15.0 Å². The number of nitrogens with zero attached hydrogens (tertiary/aromatic N) is 4. The van der Waals surface area contributed by atoms with E-state index in [0.29, 0.717) is 22.9 Å². The average Bonchev–Trinajstić information content (AvgIpc) is 3.08. The molecule has 23 heavy (non-hydrogen) atoms. The van der Waals surface area contributed by atoms with Crippen molar-refractivity contribution in [3.8, 4) is 0 Å². The molecule has 2 aliphatic rings. The summed E-state index contributed by atoms with van der Waals surface area (Å²) in [6, 6.07) is 0.332. The third kappa shape index (κ3) is 4.94. The largest absolute Gasteiger partial charge is 0.353 e. The molecule has 1 saturated heterocycles. The molecule has 0 bridgehead atoms. The van der Waals surface area contributed by atoms with Crippen LogP contribution in [0.4, 0.5) is 5.95 Å². The Labute approximate surface area is 145 Å². The van der Waals surface area contributed by atoms with Crippen LogP contribution in [0.3, 0.4) is 0 Å². The number of amides is 1. The summed E-state index contributed by atoms with van der Waals surface area (Å²) < 4.78 is 0. The van der Waals surface area contributed by atoms with Crippen molar-refractivity contribution >= 4 is 35.2 Å². The highest BCUT2D eigenvalue weighted by Gasteiger charge is 2.19. The predicted molar refractivity (Wildman–Crippen MR) is 92.0 cm³/mol. The topological polar surface area (TPSA) is 71.0 Å². The Morgan fingerprint density at radius 3 is 2.61 bits per heavy atom. The quantitative estimate of drug-likeness (QED) is 0.819. The third-order valence-electron chi connectivity index (χ3n) is 4.27. The Morgan fingerprint density at radius 1 is 1.13 bits per heavy atom. The zero-order chi connectivity index (χ0) is 16.1. The highest BCUT2D eigenvalue weighted by Crippen LogP contribution is 2.22. The van der Waals surface area contributed by atoms with Gasteiger partial charge in [-0.15, -0.1) is 0 Å². The first-order valence-electron chi connectivity index (χ1n) is 8.29. The van der Waals surface area contributed by atoms with E-state index in [-0.39, 0.29) is 11.2 Å². The van der Waals surface area contributed by atoms with Crippen molar-refractivity contribution in [2.75, 3.05) is 23.7 Å². The number of aromatic nitrogens is 3. The van der Waals surface area contributed by atoms with E-state index in [1.54, 1.807) is 0 Å². The van der Waals surface area contributed by atoms with Crippen molar-refractivity contribution in [2.45, 2.75) is 56.1 Å². The first-order chi connectivity index (χ1) is 11.2. The maximum atomic E-state index is 12.1. The van der Waals surface area contributed by atoms with Crippen LogP contribution in [-0.4, -0.2) is 45.7 Å². The number of hydrogen-bond donors (Lipinski definition) is 1. The lowest BCUT2D eigenvalue weighted by molar-refractivity contribution is -0.119. The van der Waals surface area contributed by atoms with Crippen molar-refractivity contribution in [3.05, 3.63) is 5.28 Å². The lowest BCUT2D eigenvalue weighted by atomic mass is 9.95. The fraction of sp³-hybridized carbons (Fsp3) is 0.733. The molecular formula is C15H22ClN5OS. The van der Waals surface area contributed by atoms with E-state index in [4.69, 9.17) is 11.6 Å². The summed E-state index contributed by atoms with van der Waals surface area (Å²) in [5.41, 5.74) is 0. The molecule has 1 aliphatic heterocycles. The highest BCUT2D eigenvalue weighted by molar-refractivity contribution is 7.99. The van der Waals surface area contributed by atoms with E-state index in [0.717, 1.165) is 38.8 Å². The van der Waals surface area contributed by atoms with Crippen molar-refractivity contribution in [2.24, 2.45) is 0 Å². The van der Waals surface area contributed by atoms with Gasteiger partial charge in [-0.25, -0.2) is 0 Å². The maximum Gasteiger partial charge on any atom is 0.230 e. The van der Waals surface area contributed by atoms with Gasteiger partial charge in [0.25, 0.3) is 0 Å². The molecule has 0 radical (unpaired) electrons. The van der Waals surface area contributed by atoms with Crippen LogP contribution in [0, 0.1) is 0 Å². The number of thioether (sulfide) groups is 1. The number of carbonyl (C=O) groups is 1. The van der Waals surface area contributed by atoms with Gasteiger partial charge in [-0.05, 0) is 37.3 Å². The number of carbonyl (C=O) groups excluding carboxylic acids is 1. The fourth-order valence-corrected chi connectivity index (χ4v) is 3.94. The fourth-order valence-electron chi connectivity index (χ4n) is 3.09. The molecule has 2 heterocycles. The van der Waals surface area contributed by atoms with Crippen LogP contribution >= 0.6 is 23.4 Å². The van der Waals surface area contributed by atoms with Crippen molar-refractivity contribution < 1.29 is 4.79 Å². The average molecular weight is 356 g/mol. The van der Waals surface area contributed by atoms with Crippen LogP contribution in [0.2, 0.25) is 5.28 Å². The van der Waals surface area contributed by atoms with Gasteiger partial charge in [0.15, 0.2) is 5.16 Å². The molecule has 1 amide bonds. The van der Waals surface area contributed by atoms with Crippen molar-refractivity contribution in [3.63, 3.8) is 0 Å². The van der Waals surface area contributed by atoms with E-state index in [1.807, 2.05) is 0 Å². The Kier molecular flexibility index (Phi) is 5.94. The lowest BCUT2D eigenvalue weighted by Crippen LogP contribution is -2.37. The van der Waals surface area contributed by atoms with Gasteiger partial charge in [0, 0.05) is 19.1 Å². The zero-order valence-corrected chi connectivity index (χ0v) is 14.7. The molecule has 0 aromatic carbocycles. The molecule has 126 valence electrons. The molecule has 0 spiro atoms. The van der Waals surface area contributed by atoms with Crippen LogP contribution in [0.15, 0.2) is 5.16 Å². The molecule has 0 atom stereocenters. The number of halogens is 1. The van der Waals surface area contributed by atoms with E-state index >= 15 is 0 Å². The Morgan fingerprint density at radius 2 is 1.87 bits per heavy atom. The van der Waals surface area contributed by atoms with Crippen molar-refractivity contribution in [1.82, 2.24) is 20.3 Å².